The molecule has 0 saturated carbocycles. The number of nitrogens with two attached hydrogens (primary N) is 1. The largest absolute Gasteiger partial charge is 0.454 e. The van der Waals surface area contributed by atoms with Crippen LogP contribution >= 0.6 is 11.6 Å². The Balaban J connectivity index is 1.95. The molecule has 23 heavy (non-hydrogen) atoms. The van der Waals surface area contributed by atoms with Gasteiger partial charge in [0.2, 0.25) is 0 Å². The predicted octanol–water partition coefficient (Wildman–Crippen LogP) is 2.95. The van der Waals surface area contributed by atoms with Crippen LogP contribution < -0.4 is 5.73 Å². The van der Waals surface area contributed by atoms with Crippen molar-refractivity contribution in [1.29, 1.82) is 0 Å². The van der Waals surface area contributed by atoms with Gasteiger partial charge in [-0.1, -0.05) is 30.3 Å². The van der Waals surface area contributed by atoms with Crippen LogP contribution in [-0.4, -0.2) is 30.1 Å². The summed E-state index contributed by atoms with van der Waals surface area (Å²) in [6.45, 7) is -0.304. The number of hydrogen-bond acceptors (Lipinski definition) is 4. The lowest BCUT2D eigenvalue weighted by molar-refractivity contribution is 0.0475. The number of Topliss-reactive ketones (excluding diaryl/α,β-unsaturated/α-hetero) is 1. The number of alkyl halides is 1. The Labute approximate surface area is 138 Å². The summed E-state index contributed by atoms with van der Waals surface area (Å²) in [6, 6.07) is 15.0. The van der Waals surface area contributed by atoms with E-state index in [0.29, 0.717) is 16.8 Å². The van der Waals surface area contributed by atoms with Crippen LogP contribution in [0.25, 0.3) is 0 Å². The van der Waals surface area contributed by atoms with Crippen LogP contribution in [0.4, 0.5) is 5.69 Å². The highest BCUT2D eigenvalue weighted by Gasteiger charge is 2.11. The van der Waals surface area contributed by atoms with Crippen LogP contribution in [0, 0.1) is 0 Å². The van der Waals surface area contributed by atoms with Crippen molar-refractivity contribution in [3.63, 3.8) is 0 Å². The van der Waals surface area contributed by atoms with Gasteiger partial charge in [0, 0.05) is 5.56 Å². The molecule has 5 nitrogen and oxygen atoms in total. The lowest BCUT2D eigenvalue weighted by atomic mass is 10.1. The van der Waals surface area contributed by atoms with Gasteiger partial charge >= 0.3 is 5.97 Å². The SMILES string of the molecule is NC(CCl)=Nc1ccc(C(=O)OCC(=O)c2ccccc2)cc1. The van der Waals surface area contributed by atoms with Gasteiger partial charge in [0.25, 0.3) is 0 Å². The van der Waals surface area contributed by atoms with E-state index in [0.717, 1.165) is 0 Å². The number of rotatable bonds is 6. The van der Waals surface area contributed by atoms with Crippen LogP contribution in [0.3, 0.4) is 0 Å². The van der Waals surface area contributed by atoms with Crippen molar-refractivity contribution < 1.29 is 14.3 Å². The number of carbonyl (C=O) groups excluding carboxylic acids is 2. The van der Waals surface area contributed by atoms with Gasteiger partial charge < -0.3 is 10.5 Å². The summed E-state index contributed by atoms with van der Waals surface area (Å²) in [5.41, 5.74) is 6.94. The molecule has 0 aliphatic carbocycles. The number of esters is 1. The molecule has 118 valence electrons. The lowest BCUT2D eigenvalue weighted by Crippen LogP contribution is -2.14. The van der Waals surface area contributed by atoms with Crippen molar-refractivity contribution in [2.75, 3.05) is 12.5 Å². The number of halogens is 1. The van der Waals surface area contributed by atoms with Gasteiger partial charge in [-0.3, -0.25) is 4.79 Å². The lowest BCUT2D eigenvalue weighted by Gasteiger charge is -2.05. The standard InChI is InChI=1S/C17H15ClN2O3/c18-10-16(19)20-14-8-6-13(7-9-14)17(22)23-11-15(21)12-4-2-1-3-5-12/h1-9H,10-11H2,(H2,19,20). The van der Waals surface area contributed by atoms with Crippen molar-refractivity contribution in [3.05, 3.63) is 65.7 Å². The average molecular weight is 331 g/mol. The molecule has 0 bridgehead atoms. The van der Waals surface area contributed by atoms with Crippen molar-refractivity contribution in [1.82, 2.24) is 0 Å². The first-order chi connectivity index (χ1) is 11.1. The smallest absolute Gasteiger partial charge is 0.338 e. The minimum atomic E-state index is -0.574. The number of ketones is 1. The Morgan fingerprint density at radius 3 is 2.26 bits per heavy atom. The first kappa shape index (κ1) is 16.7. The molecular weight excluding hydrogens is 316 g/mol. The third kappa shape index (κ3) is 4.93. The number of amidine groups is 1. The molecule has 0 spiro atoms. The summed E-state index contributed by atoms with van der Waals surface area (Å²) in [6.07, 6.45) is 0. The molecule has 2 N–H and O–H groups in total. The first-order valence-corrected chi connectivity index (χ1v) is 7.38. The quantitative estimate of drug-likeness (QED) is 0.290. The molecule has 6 heteroatoms. The number of carbonyl (C=O) groups is 2. The number of benzene rings is 2. The van der Waals surface area contributed by atoms with Crippen molar-refractivity contribution in [3.8, 4) is 0 Å². The van der Waals surface area contributed by atoms with Gasteiger partial charge in [0.1, 0.15) is 5.84 Å². The molecule has 0 unspecified atom stereocenters. The van der Waals surface area contributed by atoms with E-state index >= 15 is 0 Å². The Bertz CT molecular complexity index is 712. The van der Waals surface area contributed by atoms with E-state index in [9.17, 15) is 9.59 Å². The minimum Gasteiger partial charge on any atom is -0.454 e. The average Bonchev–Trinajstić information content (AvgIpc) is 2.60. The molecule has 2 aromatic carbocycles. The fourth-order valence-electron chi connectivity index (χ4n) is 1.79. The molecule has 0 atom stereocenters. The Morgan fingerprint density at radius 2 is 1.65 bits per heavy atom. The summed E-state index contributed by atoms with van der Waals surface area (Å²) >= 11 is 5.54. The summed E-state index contributed by atoms with van der Waals surface area (Å²) < 4.78 is 5.02. The molecule has 0 aliphatic heterocycles. The van der Waals surface area contributed by atoms with Gasteiger partial charge in [-0.25, -0.2) is 9.79 Å². The minimum absolute atomic E-state index is 0.130. The Kier molecular flexibility index (Phi) is 5.88. The van der Waals surface area contributed by atoms with E-state index in [1.165, 1.54) is 0 Å². The van der Waals surface area contributed by atoms with Crippen LogP contribution in [-0.2, 0) is 4.74 Å². The highest BCUT2D eigenvalue weighted by atomic mass is 35.5. The van der Waals surface area contributed by atoms with E-state index in [2.05, 4.69) is 4.99 Å². The molecule has 0 radical (unpaired) electrons. The third-order valence-corrected chi connectivity index (χ3v) is 3.22. The normalized spacial score (nSPS) is 11.1. The molecule has 0 amide bonds. The van der Waals surface area contributed by atoms with E-state index in [4.69, 9.17) is 22.1 Å². The zero-order chi connectivity index (χ0) is 16.7. The second kappa shape index (κ2) is 8.10. The fourth-order valence-corrected chi connectivity index (χ4v) is 1.85. The van der Waals surface area contributed by atoms with Crippen molar-refractivity contribution in [2.45, 2.75) is 0 Å². The zero-order valence-electron chi connectivity index (χ0n) is 12.2. The van der Waals surface area contributed by atoms with Gasteiger partial charge in [-0.15, -0.1) is 11.6 Å². The van der Waals surface area contributed by atoms with Crippen LogP contribution in [0.5, 0.6) is 0 Å². The van der Waals surface area contributed by atoms with E-state index in [1.807, 2.05) is 6.07 Å². The second-order valence-corrected chi connectivity index (χ2v) is 4.92. The maximum atomic E-state index is 11.9. The van der Waals surface area contributed by atoms with Gasteiger partial charge in [0.05, 0.1) is 17.1 Å². The summed E-state index contributed by atoms with van der Waals surface area (Å²) in [5, 5.41) is 0. The second-order valence-electron chi connectivity index (χ2n) is 4.65. The van der Waals surface area contributed by atoms with E-state index < -0.39 is 5.97 Å². The summed E-state index contributed by atoms with van der Waals surface area (Å²) in [7, 11) is 0. The van der Waals surface area contributed by atoms with Gasteiger partial charge in [-0.05, 0) is 24.3 Å². The molecule has 2 aromatic rings. The van der Waals surface area contributed by atoms with E-state index in [-0.39, 0.29) is 24.1 Å². The Morgan fingerprint density at radius 1 is 1.00 bits per heavy atom. The number of hydrogen-bond donors (Lipinski definition) is 1. The molecule has 2 rings (SSSR count). The van der Waals surface area contributed by atoms with Crippen molar-refractivity contribution >= 4 is 34.9 Å². The van der Waals surface area contributed by atoms with Gasteiger partial charge in [-0.2, -0.15) is 0 Å². The summed E-state index contributed by atoms with van der Waals surface area (Å²) in [4.78, 5) is 27.8. The molecule has 0 aliphatic rings. The third-order valence-electron chi connectivity index (χ3n) is 2.94. The van der Waals surface area contributed by atoms with Crippen LogP contribution in [0.2, 0.25) is 0 Å². The van der Waals surface area contributed by atoms with Gasteiger partial charge in [0.15, 0.2) is 12.4 Å². The van der Waals surface area contributed by atoms with E-state index in [1.54, 1.807) is 48.5 Å². The predicted molar refractivity (Wildman–Crippen MR) is 89.5 cm³/mol. The molecule has 0 fully saturated rings. The monoisotopic (exact) mass is 330 g/mol. The first-order valence-electron chi connectivity index (χ1n) is 6.84. The topological polar surface area (TPSA) is 81.8 Å². The Hall–Kier alpha value is -2.66. The molecule has 0 aromatic heterocycles. The number of nitrogens with zero attached hydrogens (tertiary/aromatic N) is 1. The summed E-state index contributed by atoms with van der Waals surface area (Å²) in [5.74, 6) is -0.411. The number of aliphatic imine (C=N–C) groups is 1. The van der Waals surface area contributed by atoms with Crippen LogP contribution in [0.1, 0.15) is 20.7 Å². The van der Waals surface area contributed by atoms with Crippen molar-refractivity contribution in [2.24, 2.45) is 10.7 Å². The molecule has 0 saturated heterocycles. The number of ether oxygens (including phenoxy) is 1. The maximum Gasteiger partial charge on any atom is 0.338 e. The molecular formula is C17H15ClN2O3. The molecule has 0 heterocycles. The fraction of sp³-hybridized carbons (Fsp3) is 0.118. The maximum absolute atomic E-state index is 11.9. The van der Waals surface area contributed by atoms with Crippen LogP contribution in [0.15, 0.2) is 59.6 Å². The zero-order valence-corrected chi connectivity index (χ0v) is 13.0. The highest BCUT2D eigenvalue weighted by Crippen LogP contribution is 2.14. The highest BCUT2D eigenvalue weighted by molar-refractivity contribution is 6.28.